The molecule has 1 heterocycles. The van der Waals surface area contributed by atoms with Crippen LogP contribution in [0.15, 0.2) is 30.3 Å². The van der Waals surface area contributed by atoms with E-state index < -0.39 is 6.10 Å². The van der Waals surface area contributed by atoms with Crippen molar-refractivity contribution in [2.45, 2.75) is 12.5 Å². The Labute approximate surface area is 121 Å². The van der Waals surface area contributed by atoms with Crippen molar-refractivity contribution >= 4 is 45.5 Å². The van der Waals surface area contributed by atoms with Crippen molar-refractivity contribution in [2.75, 3.05) is 0 Å². The van der Waals surface area contributed by atoms with Crippen LogP contribution in [0.5, 0.6) is 0 Å². The van der Waals surface area contributed by atoms with Crippen molar-refractivity contribution in [1.29, 1.82) is 0 Å². The third-order valence-corrected chi connectivity index (χ3v) is 4.53. The van der Waals surface area contributed by atoms with Crippen molar-refractivity contribution < 1.29 is 9.50 Å². The summed E-state index contributed by atoms with van der Waals surface area (Å²) in [7, 11) is 0. The number of halogens is 3. The Bertz CT molecular complexity index is 529. The fourth-order valence-corrected chi connectivity index (χ4v) is 3.49. The molecule has 0 fully saturated rings. The van der Waals surface area contributed by atoms with Gasteiger partial charge in [0, 0.05) is 14.9 Å². The van der Waals surface area contributed by atoms with Crippen molar-refractivity contribution in [2.24, 2.45) is 0 Å². The molecule has 0 aliphatic heterocycles. The van der Waals surface area contributed by atoms with E-state index in [1.807, 2.05) is 34.7 Å². The highest BCUT2D eigenvalue weighted by molar-refractivity contribution is 14.1. The summed E-state index contributed by atoms with van der Waals surface area (Å²) in [6.07, 6.45) is -0.129. The zero-order valence-corrected chi connectivity index (χ0v) is 12.4. The van der Waals surface area contributed by atoms with Crippen LogP contribution in [0, 0.1) is 9.39 Å². The van der Waals surface area contributed by atoms with Crippen molar-refractivity contribution in [3.05, 3.63) is 54.5 Å². The highest BCUT2D eigenvalue weighted by atomic mass is 127. The first kappa shape index (κ1) is 13.3. The lowest BCUT2D eigenvalue weighted by Gasteiger charge is -2.11. The van der Waals surface area contributed by atoms with Crippen LogP contribution in [0.1, 0.15) is 16.5 Å². The molecule has 2 rings (SSSR count). The Balaban J connectivity index is 2.17. The van der Waals surface area contributed by atoms with E-state index in [4.69, 9.17) is 11.6 Å². The highest BCUT2D eigenvalue weighted by Crippen LogP contribution is 2.28. The number of hydrogen-bond donors (Lipinski definition) is 1. The molecule has 0 bridgehead atoms. The number of hydrogen-bond acceptors (Lipinski definition) is 2. The first-order chi connectivity index (χ1) is 8.06. The molecule has 1 aromatic heterocycles. The Morgan fingerprint density at radius 2 is 2.12 bits per heavy atom. The lowest BCUT2D eigenvalue weighted by atomic mass is 10.1. The molecule has 0 saturated heterocycles. The summed E-state index contributed by atoms with van der Waals surface area (Å²) in [5.74, 6) is -0.287. The Hall–Kier alpha value is -0.170. The van der Waals surface area contributed by atoms with E-state index in [1.54, 1.807) is 6.07 Å². The van der Waals surface area contributed by atoms with Gasteiger partial charge in [-0.15, -0.1) is 11.3 Å². The summed E-state index contributed by atoms with van der Waals surface area (Å²) in [5, 5.41) is 10.1. The van der Waals surface area contributed by atoms with E-state index >= 15 is 0 Å². The van der Waals surface area contributed by atoms with Crippen molar-refractivity contribution in [3.8, 4) is 0 Å². The van der Waals surface area contributed by atoms with E-state index in [9.17, 15) is 9.50 Å². The van der Waals surface area contributed by atoms with Gasteiger partial charge in [0.1, 0.15) is 5.82 Å². The van der Waals surface area contributed by atoms with Gasteiger partial charge in [0.25, 0.3) is 0 Å². The average molecular weight is 383 g/mol. The summed E-state index contributed by atoms with van der Waals surface area (Å²) in [6, 6.07) is 8.11. The summed E-state index contributed by atoms with van der Waals surface area (Å²) in [5.41, 5.74) is 0.747. The van der Waals surface area contributed by atoms with Crippen molar-refractivity contribution in [1.82, 2.24) is 0 Å². The molecule has 1 atom stereocenters. The molecule has 1 nitrogen and oxygen atoms in total. The lowest BCUT2D eigenvalue weighted by Crippen LogP contribution is -2.03. The molecule has 17 heavy (non-hydrogen) atoms. The average Bonchev–Trinajstić information content (AvgIpc) is 2.63. The van der Waals surface area contributed by atoms with E-state index in [2.05, 4.69) is 0 Å². The number of aliphatic hydroxyl groups is 1. The van der Waals surface area contributed by atoms with Crippen LogP contribution in [-0.4, -0.2) is 5.11 Å². The van der Waals surface area contributed by atoms with Crippen LogP contribution < -0.4 is 0 Å². The molecule has 0 radical (unpaired) electrons. The maximum Gasteiger partial charge on any atom is 0.124 e. The molecule has 0 saturated carbocycles. The molecule has 1 unspecified atom stereocenters. The minimum absolute atomic E-state index is 0.287. The maximum atomic E-state index is 12.9. The highest BCUT2D eigenvalue weighted by Gasteiger charge is 2.13. The molecule has 0 aliphatic carbocycles. The molecule has 1 N–H and O–H groups in total. The first-order valence-corrected chi connectivity index (χ1v) is 7.21. The molecule has 1 aromatic carbocycles. The minimum atomic E-state index is -0.628. The van der Waals surface area contributed by atoms with Gasteiger partial charge in [-0.25, -0.2) is 4.39 Å². The normalized spacial score (nSPS) is 12.7. The maximum absolute atomic E-state index is 12.9. The number of aliphatic hydroxyl groups excluding tert-OH is 1. The Morgan fingerprint density at radius 3 is 2.71 bits per heavy atom. The second-order valence-corrected chi connectivity index (χ2v) is 6.55. The predicted molar refractivity (Wildman–Crippen MR) is 77.1 cm³/mol. The predicted octanol–water partition coefficient (Wildman–Crippen LogP) is 4.42. The van der Waals surface area contributed by atoms with E-state index in [0.717, 1.165) is 14.0 Å². The van der Waals surface area contributed by atoms with E-state index in [1.165, 1.54) is 23.5 Å². The van der Waals surface area contributed by atoms with Crippen LogP contribution in [0.2, 0.25) is 4.34 Å². The molecular formula is C12H9ClFIOS. The van der Waals surface area contributed by atoms with Crippen LogP contribution in [0.4, 0.5) is 4.39 Å². The minimum Gasteiger partial charge on any atom is -0.388 e. The Morgan fingerprint density at radius 1 is 1.35 bits per heavy atom. The van der Waals surface area contributed by atoms with Crippen LogP contribution >= 0.6 is 45.5 Å². The third-order valence-electron chi connectivity index (χ3n) is 2.34. The molecule has 5 heteroatoms. The topological polar surface area (TPSA) is 20.2 Å². The first-order valence-electron chi connectivity index (χ1n) is 4.93. The zero-order valence-electron chi connectivity index (χ0n) is 8.66. The number of rotatable bonds is 3. The van der Waals surface area contributed by atoms with Gasteiger partial charge in [-0.05, 0) is 52.4 Å². The molecule has 90 valence electrons. The van der Waals surface area contributed by atoms with Gasteiger partial charge in [-0.3, -0.25) is 0 Å². The lowest BCUT2D eigenvalue weighted by molar-refractivity contribution is 0.178. The second kappa shape index (κ2) is 5.65. The molecule has 2 aromatic rings. The molecule has 0 amide bonds. The largest absolute Gasteiger partial charge is 0.388 e. The van der Waals surface area contributed by atoms with Gasteiger partial charge in [-0.2, -0.15) is 0 Å². The Kier molecular flexibility index (Phi) is 4.41. The number of benzene rings is 1. The monoisotopic (exact) mass is 382 g/mol. The quantitative estimate of drug-likeness (QED) is 0.779. The van der Waals surface area contributed by atoms with Crippen molar-refractivity contribution in [3.63, 3.8) is 0 Å². The van der Waals surface area contributed by atoms with E-state index in [-0.39, 0.29) is 5.82 Å². The van der Waals surface area contributed by atoms with Crippen LogP contribution in [0.25, 0.3) is 0 Å². The summed E-state index contributed by atoms with van der Waals surface area (Å²) < 4.78 is 14.4. The zero-order chi connectivity index (χ0) is 12.4. The van der Waals surface area contributed by atoms with Gasteiger partial charge < -0.3 is 5.11 Å². The fourth-order valence-electron chi connectivity index (χ4n) is 1.53. The molecular weight excluding hydrogens is 374 g/mol. The summed E-state index contributed by atoms with van der Waals surface area (Å²) >= 11 is 9.30. The number of thiophene rings is 1. The molecule has 0 aliphatic rings. The summed E-state index contributed by atoms with van der Waals surface area (Å²) in [6.45, 7) is 0. The standard InChI is InChI=1S/C12H9ClFIOS/c13-12-4-2-8(17-12)6-11(16)9-3-1-7(14)5-10(9)15/h1-5,11,16H,6H2. The van der Waals surface area contributed by atoms with Gasteiger partial charge in [0.05, 0.1) is 10.4 Å². The smallest absolute Gasteiger partial charge is 0.124 e. The SMILES string of the molecule is OC(Cc1ccc(Cl)s1)c1ccc(F)cc1I. The fraction of sp³-hybridized carbons (Fsp3) is 0.167. The summed E-state index contributed by atoms with van der Waals surface area (Å²) in [4.78, 5) is 1.02. The third kappa shape index (κ3) is 3.40. The van der Waals surface area contributed by atoms with Gasteiger partial charge in [0.15, 0.2) is 0 Å². The van der Waals surface area contributed by atoms with Gasteiger partial charge in [-0.1, -0.05) is 17.7 Å². The van der Waals surface area contributed by atoms with E-state index in [0.29, 0.717) is 10.8 Å². The van der Waals surface area contributed by atoms with Crippen LogP contribution in [0.3, 0.4) is 0 Å². The van der Waals surface area contributed by atoms with Gasteiger partial charge in [0.2, 0.25) is 0 Å². The second-order valence-electron chi connectivity index (χ2n) is 3.59. The van der Waals surface area contributed by atoms with Gasteiger partial charge >= 0.3 is 0 Å². The van der Waals surface area contributed by atoms with Crippen LogP contribution in [-0.2, 0) is 6.42 Å². The molecule has 0 spiro atoms.